The highest BCUT2D eigenvalue weighted by Crippen LogP contribution is 2.45. The van der Waals surface area contributed by atoms with E-state index in [9.17, 15) is 43.2 Å². The Morgan fingerprint density at radius 2 is 0.531 bits per heavy atom. The Hall–Kier alpha value is -1.94. The van der Waals surface area contributed by atoms with E-state index in [2.05, 4.69) is 48.5 Å². The third-order valence-corrected chi connectivity index (χ3v) is 20.1. The fraction of sp³-hybridized carbons (Fsp3) is 0.948. The molecule has 0 saturated carbocycles. The molecular weight excluding hydrogens is 1260 g/mol. The number of carbonyl (C=O) groups excluding carboxylic acids is 4. The molecule has 0 amide bonds. The Morgan fingerprint density at radius 1 is 0.302 bits per heavy atom. The number of aliphatic hydroxyl groups is 1. The zero-order valence-corrected chi connectivity index (χ0v) is 64.6. The third-order valence-electron chi connectivity index (χ3n) is 18.2. The van der Waals surface area contributed by atoms with E-state index in [1.54, 1.807) is 0 Å². The van der Waals surface area contributed by atoms with Gasteiger partial charge >= 0.3 is 39.5 Å². The number of rotatable bonds is 75. The van der Waals surface area contributed by atoms with Crippen LogP contribution < -0.4 is 0 Å². The van der Waals surface area contributed by atoms with Crippen molar-refractivity contribution in [2.45, 2.75) is 414 Å². The van der Waals surface area contributed by atoms with Crippen molar-refractivity contribution in [2.75, 3.05) is 39.6 Å². The van der Waals surface area contributed by atoms with Gasteiger partial charge in [0.25, 0.3) is 0 Å². The number of ether oxygens (including phenoxy) is 4. The van der Waals surface area contributed by atoms with Gasteiger partial charge in [0.2, 0.25) is 0 Å². The van der Waals surface area contributed by atoms with Gasteiger partial charge < -0.3 is 33.8 Å². The van der Waals surface area contributed by atoms with Crippen molar-refractivity contribution in [3.8, 4) is 0 Å². The van der Waals surface area contributed by atoms with Crippen LogP contribution in [0.15, 0.2) is 0 Å². The SMILES string of the molecule is CCCCCCCCCCCCCCCCCC(=O)OC[C@H](COP(=O)(O)OC[C@@H](O)COP(=O)(O)OC[C@@H](COC(=O)CCCCCCCCC(C)C)OC(=O)CCCCCCCCCCCCC(C)CC)OC(=O)CCCCCCCCCCCCCCCCCC(C)C. The molecule has 0 spiro atoms. The molecule has 0 bridgehead atoms. The summed E-state index contributed by atoms with van der Waals surface area (Å²) in [6.45, 7) is 11.9. The number of hydrogen-bond donors (Lipinski definition) is 3. The average molecular weight is 1410 g/mol. The summed E-state index contributed by atoms with van der Waals surface area (Å²) in [7, 11) is -9.91. The Balaban J connectivity index is 5.24. The quantitative estimate of drug-likeness (QED) is 0.0222. The first-order chi connectivity index (χ1) is 46.3. The lowest BCUT2D eigenvalue weighted by atomic mass is 9.99. The minimum atomic E-state index is -4.96. The molecule has 0 heterocycles. The molecule has 0 radical (unpaired) electrons. The van der Waals surface area contributed by atoms with Gasteiger partial charge in [-0.2, -0.15) is 0 Å². The number of hydrogen-bond acceptors (Lipinski definition) is 15. The van der Waals surface area contributed by atoms with Gasteiger partial charge in [0.15, 0.2) is 12.2 Å². The van der Waals surface area contributed by atoms with Crippen LogP contribution in [-0.4, -0.2) is 96.7 Å². The molecule has 3 unspecified atom stereocenters. The maximum atomic E-state index is 13.1. The summed E-state index contributed by atoms with van der Waals surface area (Å²) in [5, 5.41) is 10.6. The Morgan fingerprint density at radius 3 is 0.792 bits per heavy atom. The lowest BCUT2D eigenvalue weighted by molar-refractivity contribution is -0.161. The van der Waals surface area contributed by atoms with Crippen LogP contribution in [0.4, 0.5) is 0 Å². The van der Waals surface area contributed by atoms with Crippen LogP contribution in [0.5, 0.6) is 0 Å². The van der Waals surface area contributed by atoms with E-state index in [0.717, 1.165) is 108 Å². The van der Waals surface area contributed by atoms with Crippen LogP contribution in [0.25, 0.3) is 0 Å². The smallest absolute Gasteiger partial charge is 0.462 e. The molecule has 0 saturated heterocycles. The Kier molecular flexibility index (Phi) is 66.2. The van der Waals surface area contributed by atoms with Crippen molar-refractivity contribution in [1.29, 1.82) is 0 Å². The van der Waals surface area contributed by atoms with Crippen molar-refractivity contribution in [3.05, 3.63) is 0 Å². The lowest BCUT2D eigenvalue weighted by Crippen LogP contribution is -2.30. The van der Waals surface area contributed by atoms with E-state index in [4.69, 9.17) is 37.0 Å². The highest BCUT2D eigenvalue weighted by atomic mass is 31.2. The topological polar surface area (TPSA) is 237 Å². The second-order valence-corrected chi connectivity index (χ2v) is 31.8. The van der Waals surface area contributed by atoms with E-state index >= 15 is 0 Å². The van der Waals surface area contributed by atoms with Gasteiger partial charge in [-0.1, -0.05) is 344 Å². The van der Waals surface area contributed by atoms with Gasteiger partial charge in [0.05, 0.1) is 26.4 Å². The number of unbranched alkanes of at least 4 members (excludes halogenated alkanes) is 42. The largest absolute Gasteiger partial charge is 0.472 e. The summed E-state index contributed by atoms with van der Waals surface area (Å²) in [6, 6.07) is 0. The van der Waals surface area contributed by atoms with Crippen molar-refractivity contribution < 1.29 is 80.2 Å². The number of aliphatic hydroxyl groups excluding tert-OH is 1. The van der Waals surface area contributed by atoms with Crippen LogP contribution in [0, 0.1) is 17.8 Å². The molecule has 0 aliphatic heterocycles. The molecule has 0 aliphatic carbocycles. The molecule has 96 heavy (non-hydrogen) atoms. The summed E-state index contributed by atoms with van der Waals surface area (Å²) in [4.78, 5) is 72.8. The van der Waals surface area contributed by atoms with Gasteiger partial charge in [0, 0.05) is 25.7 Å². The van der Waals surface area contributed by atoms with Gasteiger partial charge in [-0.25, -0.2) is 9.13 Å². The van der Waals surface area contributed by atoms with Gasteiger partial charge in [0.1, 0.15) is 19.3 Å². The van der Waals surface area contributed by atoms with Crippen LogP contribution in [0.1, 0.15) is 395 Å². The summed E-state index contributed by atoms with van der Waals surface area (Å²) < 4.78 is 68.5. The minimum absolute atomic E-state index is 0.105. The van der Waals surface area contributed by atoms with E-state index in [-0.39, 0.29) is 25.7 Å². The monoisotopic (exact) mass is 1410 g/mol. The number of carbonyl (C=O) groups is 4. The van der Waals surface area contributed by atoms with Gasteiger partial charge in [-0.3, -0.25) is 37.3 Å². The molecule has 570 valence electrons. The Bertz CT molecular complexity index is 1870. The van der Waals surface area contributed by atoms with Crippen LogP contribution in [-0.2, 0) is 65.4 Å². The number of phosphoric ester groups is 2. The predicted octanol–water partition coefficient (Wildman–Crippen LogP) is 22.6. The zero-order valence-electron chi connectivity index (χ0n) is 62.8. The maximum absolute atomic E-state index is 13.1. The zero-order chi connectivity index (χ0) is 70.9. The summed E-state index contributed by atoms with van der Waals surface area (Å²) in [5.41, 5.74) is 0. The summed E-state index contributed by atoms with van der Waals surface area (Å²) in [6.07, 6.45) is 54.1. The second kappa shape index (κ2) is 67.5. The molecule has 0 rings (SSSR count). The van der Waals surface area contributed by atoms with Gasteiger partial charge in [-0.15, -0.1) is 0 Å². The van der Waals surface area contributed by atoms with Crippen molar-refractivity contribution in [1.82, 2.24) is 0 Å². The molecule has 0 fully saturated rings. The molecular formula is C77H150O17P2. The fourth-order valence-electron chi connectivity index (χ4n) is 11.7. The molecule has 17 nitrogen and oxygen atoms in total. The van der Waals surface area contributed by atoms with Crippen molar-refractivity contribution in [3.63, 3.8) is 0 Å². The summed E-state index contributed by atoms with van der Waals surface area (Å²) in [5.74, 6) is 0.167. The second-order valence-electron chi connectivity index (χ2n) is 28.9. The minimum Gasteiger partial charge on any atom is -0.462 e. The fourth-order valence-corrected chi connectivity index (χ4v) is 13.3. The van der Waals surface area contributed by atoms with E-state index < -0.39 is 97.5 Å². The molecule has 19 heteroatoms. The molecule has 6 atom stereocenters. The molecule has 0 aromatic carbocycles. The predicted molar refractivity (Wildman–Crippen MR) is 391 cm³/mol. The lowest BCUT2D eigenvalue weighted by Gasteiger charge is -2.21. The summed E-state index contributed by atoms with van der Waals surface area (Å²) >= 11 is 0. The third kappa shape index (κ3) is 69.2. The van der Waals surface area contributed by atoms with Gasteiger partial charge in [-0.05, 0) is 43.4 Å². The molecule has 3 N–H and O–H groups in total. The van der Waals surface area contributed by atoms with Crippen molar-refractivity contribution in [2.24, 2.45) is 17.8 Å². The van der Waals surface area contributed by atoms with E-state index in [1.807, 2.05) is 0 Å². The van der Waals surface area contributed by atoms with Crippen molar-refractivity contribution >= 4 is 39.5 Å². The first-order valence-corrected chi connectivity index (χ1v) is 42.9. The average Bonchev–Trinajstić information content (AvgIpc) is 1.56. The first kappa shape index (κ1) is 94.1. The van der Waals surface area contributed by atoms with E-state index in [1.165, 1.54) is 199 Å². The highest BCUT2D eigenvalue weighted by Gasteiger charge is 2.30. The highest BCUT2D eigenvalue weighted by molar-refractivity contribution is 7.47. The molecule has 0 aliphatic rings. The standard InChI is InChI=1S/C77H150O17P2/c1-8-10-11-12-13-14-15-16-18-22-25-31-36-44-51-58-74(79)87-64-72(93-76(81)60-53-46-37-32-26-23-20-17-19-21-24-29-34-41-48-55-68(3)4)66-91-95(83,84)89-62-71(78)63-90-96(85,86)92-67-73(65-88-75(80)59-52-45-40-39-42-49-56-69(5)6)94-77(82)61-54-47-38-33-28-27-30-35-43-50-57-70(7)9-2/h68-73,78H,8-67H2,1-7H3,(H,83,84)(H,85,86)/t70?,71-,72-,73-/m1/s1. The normalized spacial score (nSPS) is 14.3. The first-order valence-electron chi connectivity index (χ1n) is 39.9. The van der Waals surface area contributed by atoms with Crippen LogP contribution in [0.3, 0.4) is 0 Å². The number of phosphoric acid groups is 2. The van der Waals surface area contributed by atoms with Crippen LogP contribution in [0.2, 0.25) is 0 Å². The number of esters is 4. The maximum Gasteiger partial charge on any atom is 0.472 e. The van der Waals surface area contributed by atoms with Crippen LogP contribution >= 0.6 is 15.6 Å². The molecule has 0 aromatic rings. The van der Waals surface area contributed by atoms with E-state index in [0.29, 0.717) is 31.6 Å². The molecule has 0 aromatic heterocycles. The Labute approximate surface area is 588 Å².